The molecule has 0 atom stereocenters. The lowest BCUT2D eigenvalue weighted by Crippen LogP contribution is -2.13. The van der Waals surface area contributed by atoms with Crippen molar-refractivity contribution in [1.29, 1.82) is 5.26 Å². The number of H-pyrrole nitrogens is 1. The number of halogens is 1. The third-order valence-corrected chi connectivity index (χ3v) is 3.04. The summed E-state index contributed by atoms with van der Waals surface area (Å²) in [6.07, 6.45) is 0. The van der Waals surface area contributed by atoms with Crippen molar-refractivity contribution in [2.45, 2.75) is 6.92 Å². The van der Waals surface area contributed by atoms with Crippen LogP contribution in [-0.4, -0.2) is 17.0 Å². The molecule has 8 heteroatoms. The number of nitrogens with zero attached hydrogens (tertiary/aromatic N) is 2. The van der Waals surface area contributed by atoms with Gasteiger partial charge in [-0.25, -0.2) is 4.39 Å². The highest BCUT2D eigenvalue weighted by Gasteiger charge is 2.22. The Morgan fingerprint density at radius 1 is 1.36 bits per heavy atom. The van der Waals surface area contributed by atoms with E-state index in [0.29, 0.717) is 5.69 Å². The number of pyridine rings is 1. The molecular weight excluding hydrogens is 293 g/mol. The fraction of sp³-hybridized carbons (Fsp3) is 0.143. The zero-order chi connectivity index (χ0) is 16.4. The number of aromatic amines is 1. The zero-order valence-corrected chi connectivity index (χ0v) is 11.6. The lowest BCUT2D eigenvalue weighted by atomic mass is 9.99. The SMILES string of the molecule is COc1cc(F)c(-c2cc(C)[nH]c(=O)c2C#N)cc1[N+](=O)[O-]. The number of nitro groups is 1. The highest BCUT2D eigenvalue weighted by Crippen LogP contribution is 2.35. The molecule has 0 bridgehead atoms. The molecule has 2 aromatic rings. The van der Waals surface area contributed by atoms with Crippen LogP contribution in [0.4, 0.5) is 10.1 Å². The van der Waals surface area contributed by atoms with Crippen molar-refractivity contribution in [2.75, 3.05) is 7.11 Å². The Morgan fingerprint density at radius 3 is 2.59 bits per heavy atom. The molecule has 1 aromatic heterocycles. The number of ether oxygens (including phenoxy) is 1. The maximum Gasteiger partial charge on any atom is 0.311 e. The fourth-order valence-electron chi connectivity index (χ4n) is 2.07. The average molecular weight is 303 g/mol. The molecular formula is C14H10FN3O4. The van der Waals surface area contributed by atoms with Gasteiger partial charge in [-0.15, -0.1) is 0 Å². The van der Waals surface area contributed by atoms with E-state index in [1.165, 1.54) is 13.2 Å². The number of benzene rings is 1. The zero-order valence-electron chi connectivity index (χ0n) is 11.6. The van der Waals surface area contributed by atoms with Gasteiger partial charge < -0.3 is 9.72 Å². The van der Waals surface area contributed by atoms with Gasteiger partial charge in [-0.3, -0.25) is 14.9 Å². The van der Waals surface area contributed by atoms with Gasteiger partial charge in [0.15, 0.2) is 5.75 Å². The van der Waals surface area contributed by atoms with E-state index in [1.807, 2.05) is 0 Å². The molecule has 1 heterocycles. The van der Waals surface area contributed by atoms with Crippen LogP contribution in [0.15, 0.2) is 23.0 Å². The molecule has 0 unspecified atom stereocenters. The summed E-state index contributed by atoms with van der Waals surface area (Å²) in [4.78, 5) is 24.5. The molecule has 2 rings (SSSR count). The molecule has 0 aliphatic rings. The van der Waals surface area contributed by atoms with E-state index in [4.69, 9.17) is 10.00 Å². The lowest BCUT2D eigenvalue weighted by molar-refractivity contribution is -0.385. The van der Waals surface area contributed by atoms with Gasteiger partial charge >= 0.3 is 5.69 Å². The molecule has 7 nitrogen and oxygen atoms in total. The summed E-state index contributed by atoms with van der Waals surface area (Å²) >= 11 is 0. The summed E-state index contributed by atoms with van der Waals surface area (Å²) in [5.41, 5.74) is -1.28. The molecule has 1 aromatic carbocycles. The Hall–Kier alpha value is -3.21. The van der Waals surface area contributed by atoms with Crippen molar-refractivity contribution in [3.63, 3.8) is 0 Å². The predicted molar refractivity (Wildman–Crippen MR) is 75.1 cm³/mol. The molecule has 0 aliphatic carbocycles. The first-order valence-electron chi connectivity index (χ1n) is 6.05. The molecule has 112 valence electrons. The van der Waals surface area contributed by atoms with Crippen molar-refractivity contribution < 1.29 is 14.1 Å². The molecule has 0 spiro atoms. The van der Waals surface area contributed by atoms with Gasteiger partial charge in [-0.05, 0) is 13.0 Å². The third-order valence-electron chi connectivity index (χ3n) is 3.04. The van der Waals surface area contributed by atoms with E-state index in [0.717, 1.165) is 12.1 Å². The Morgan fingerprint density at radius 2 is 2.05 bits per heavy atom. The van der Waals surface area contributed by atoms with Crippen LogP contribution >= 0.6 is 0 Å². The number of nitrogens with one attached hydrogen (secondary N) is 1. The van der Waals surface area contributed by atoms with Crippen molar-refractivity contribution >= 4 is 5.69 Å². The summed E-state index contributed by atoms with van der Waals surface area (Å²) in [5.74, 6) is -1.07. The maximum absolute atomic E-state index is 14.2. The number of hydrogen-bond acceptors (Lipinski definition) is 5. The van der Waals surface area contributed by atoms with Gasteiger partial charge in [0.2, 0.25) is 0 Å². The molecule has 0 amide bonds. The lowest BCUT2D eigenvalue weighted by Gasteiger charge is -2.09. The number of aromatic nitrogens is 1. The molecule has 0 fully saturated rings. The second kappa shape index (κ2) is 5.65. The topological polar surface area (TPSA) is 109 Å². The van der Waals surface area contributed by atoms with E-state index in [9.17, 15) is 19.3 Å². The standard InChI is InChI=1S/C14H10FN3O4/c1-7-3-8(10(6-16)14(19)17-7)9-4-12(18(20)21)13(22-2)5-11(9)15/h3-5H,1-2H3,(H,17,19). The van der Waals surface area contributed by atoms with Gasteiger partial charge in [-0.2, -0.15) is 5.26 Å². The number of methoxy groups -OCH3 is 1. The molecule has 0 radical (unpaired) electrons. The summed E-state index contributed by atoms with van der Waals surface area (Å²) in [7, 11) is 1.18. The highest BCUT2D eigenvalue weighted by atomic mass is 19.1. The first-order valence-corrected chi connectivity index (χ1v) is 6.05. The van der Waals surface area contributed by atoms with Crippen LogP contribution in [0.2, 0.25) is 0 Å². The second-order valence-corrected chi connectivity index (χ2v) is 4.44. The minimum Gasteiger partial charge on any atom is -0.490 e. The first-order chi connectivity index (χ1) is 10.4. The number of hydrogen-bond donors (Lipinski definition) is 1. The molecule has 0 saturated heterocycles. The minimum absolute atomic E-state index is 0.00740. The minimum atomic E-state index is -0.830. The Balaban J connectivity index is 2.85. The van der Waals surface area contributed by atoms with Crippen LogP contribution in [0.25, 0.3) is 11.1 Å². The average Bonchev–Trinajstić information content (AvgIpc) is 2.45. The largest absolute Gasteiger partial charge is 0.490 e. The molecule has 22 heavy (non-hydrogen) atoms. The van der Waals surface area contributed by atoms with Gasteiger partial charge in [0, 0.05) is 29.0 Å². The van der Waals surface area contributed by atoms with Crippen molar-refractivity contribution in [2.24, 2.45) is 0 Å². The summed E-state index contributed by atoms with van der Waals surface area (Å²) in [5, 5.41) is 20.1. The summed E-state index contributed by atoms with van der Waals surface area (Å²) in [6.45, 7) is 1.56. The Kier molecular flexibility index (Phi) is 3.90. The van der Waals surface area contributed by atoms with Crippen molar-refractivity contribution in [1.82, 2.24) is 4.98 Å². The molecule has 1 N–H and O–H groups in total. The van der Waals surface area contributed by atoms with E-state index >= 15 is 0 Å². The van der Waals surface area contributed by atoms with Crippen LogP contribution in [0, 0.1) is 34.2 Å². The number of rotatable bonds is 3. The third kappa shape index (κ3) is 2.52. The quantitative estimate of drug-likeness (QED) is 0.691. The van der Waals surface area contributed by atoms with E-state index in [-0.39, 0.29) is 22.4 Å². The van der Waals surface area contributed by atoms with Gasteiger partial charge in [-0.1, -0.05) is 0 Å². The van der Waals surface area contributed by atoms with Crippen LogP contribution in [0.1, 0.15) is 11.3 Å². The summed E-state index contributed by atoms with van der Waals surface area (Å²) < 4.78 is 19.0. The van der Waals surface area contributed by atoms with Crippen LogP contribution in [0.5, 0.6) is 5.75 Å². The Labute approximate surface area is 123 Å². The molecule has 0 aliphatic heterocycles. The Bertz CT molecular complexity index is 868. The van der Waals surface area contributed by atoms with Gasteiger partial charge in [0.05, 0.1) is 12.0 Å². The van der Waals surface area contributed by atoms with Crippen LogP contribution < -0.4 is 10.3 Å². The van der Waals surface area contributed by atoms with Gasteiger partial charge in [0.1, 0.15) is 17.4 Å². The van der Waals surface area contributed by atoms with Crippen LogP contribution in [0.3, 0.4) is 0 Å². The fourth-order valence-corrected chi connectivity index (χ4v) is 2.07. The highest BCUT2D eigenvalue weighted by molar-refractivity contribution is 5.74. The van der Waals surface area contributed by atoms with Crippen LogP contribution in [-0.2, 0) is 0 Å². The predicted octanol–water partition coefficient (Wildman–Crippen LogP) is 2.28. The van der Waals surface area contributed by atoms with Crippen molar-refractivity contribution in [3.05, 3.63) is 55.7 Å². The van der Waals surface area contributed by atoms with Gasteiger partial charge in [0.25, 0.3) is 5.56 Å². The smallest absolute Gasteiger partial charge is 0.311 e. The van der Waals surface area contributed by atoms with Crippen molar-refractivity contribution in [3.8, 4) is 22.9 Å². The monoisotopic (exact) mass is 303 g/mol. The number of nitriles is 1. The van der Waals surface area contributed by atoms with E-state index < -0.39 is 22.0 Å². The first kappa shape index (κ1) is 15.2. The van der Waals surface area contributed by atoms with E-state index in [1.54, 1.807) is 13.0 Å². The summed E-state index contributed by atoms with van der Waals surface area (Å²) in [6, 6.07) is 4.87. The number of nitro benzene ring substituents is 1. The number of aryl methyl sites for hydroxylation is 1. The maximum atomic E-state index is 14.2. The van der Waals surface area contributed by atoms with E-state index in [2.05, 4.69) is 4.98 Å². The normalized spacial score (nSPS) is 10.1. The second-order valence-electron chi connectivity index (χ2n) is 4.44. The molecule has 0 saturated carbocycles.